The van der Waals surface area contributed by atoms with Crippen molar-refractivity contribution in [1.82, 2.24) is 5.32 Å². The molecule has 0 bridgehead atoms. The lowest BCUT2D eigenvalue weighted by atomic mass is 9.76. The molecule has 3 unspecified atom stereocenters. The van der Waals surface area contributed by atoms with E-state index in [1.165, 1.54) is 0 Å². The van der Waals surface area contributed by atoms with Gasteiger partial charge in [-0.15, -0.1) is 0 Å². The van der Waals surface area contributed by atoms with E-state index in [2.05, 4.69) is 44.8 Å². The molecular weight excluding hydrogens is 432 g/mol. The van der Waals surface area contributed by atoms with Crippen LogP contribution in [0, 0.1) is 5.92 Å². The molecule has 4 rings (SSSR count). The number of amides is 1. The van der Waals surface area contributed by atoms with E-state index >= 15 is 0 Å². The molecule has 3 atom stereocenters. The predicted molar refractivity (Wildman–Crippen MR) is 117 cm³/mol. The number of aromatic hydroxyl groups is 1. The molecule has 0 saturated carbocycles. The van der Waals surface area contributed by atoms with Gasteiger partial charge in [-0.2, -0.15) is 0 Å². The molecule has 2 aliphatic rings. The van der Waals surface area contributed by atoms with Crippen molar-refractivity contribution in [3.05, 3.63) is 69.7 Å². The second-order valence-corrected chi connectivity index (χ2v) is 8.47. The Hall–Kier alpha value is -2.31. The number of nitrogens with one attached hydrogen (secondary N) is 2. The van der Waals surface area contributed by atoms with Crippen molar-refractivity contribution >= 4 is 27.5 Å². The van der Waals surface area contributed by atoms with Gasteiger partial charge in [0.2, 0.25) is 0 Å². The van der Waals surface area contributed by atoms with Gasteiger partial charge in [-0.3, -0.25) is 4.79 Å². The van der Waals surface area contributed by atoms with Gasteiger partial charge >= 0.3 is 0 Å². The number of benzene rings is 2. The lowest BCUT2D eigenvalue weighted by Crippen LogP contribution is -2.32. The standard InChI is InChI=1S/C23H25BrN2O3/c1-29-12-4-11-25-23(28)18-8-3-7-16-15-5-2-6-17(15)22(26-21(16)18)19-13-14(24)9-10-20(19)27/h2-3,5,7-10,13,15,17,22,26-27H,4,6,11-12H2,1H3,(H,25,28). The summed E-state index contributed by atoms with van der Waals surface area (Å²) in [5, 5.41) is 17.1. The number of hydrogen-bond donors (Lipinski definition) is 3. The highest BCUT2D eigenvalue weighted by molar-refractivity contribution is 9.10. The lowest BCUT2D eigenvalue weighted by molar-refractivity contribution is 0.0949. The molecule has 2 aromatic rings. The Balaban J connectivity index is 1.68. The second kappa shape index (κ2) is 8.59. The van der Waals surface area contributed by atoms with E-state index in [1.54, 1.807) is 13.2 Å². The van der Waals surface area contributed by atoms with Gasteiger partial charge < -0.3 is 20.5 Å². The second-order valence-electron chi connectivity index (χ2n) is 7.55. The molecule has 1 heterocycles. The largest absolute Gasteiger partial charge is 0.508 e. The number of phenols is 1. The van der Waals surface area contributed by atoms with Gasteiger partial charge in [0.1, 0.15) is 5.75 Å². The Labute approximate surface area is 179 Å². The summed E-state index contributed by atoms with van der Waals surface area (Å²) in [5.74, 6) is 0.683. The zero-order valence-corrected chi connectivity index (χ0v) is 17.9. The van der Waals surface area contributed by atoms with Crippen LogP contribution in [0.2, 0.25) is 0 Å². The Kier molecular flexibility index (Phi) is 5.92. The molecule has 0 aromatic heterocycles. The molecule has 152 valence electrons. The minimum atomic E-state index is -0.0944. The summed E-state index contributed by atoms with van der Waals surface area (Å²) in [5.41, 5.74) is 3.48. The first kappa shape index (κ1) is 20.0. The maximum absolute atomic E-state index is 12.9. The smallest absolute Gasteiger partial charge is 0.253 e. The summed E-state index contributed by atoms with van der Waals surface area (Å²) in [7, 11) is 1.66. The summed E-state index contributed by atoms with van der Waals surface area (Å²) in [6, 6.07) is 11.3. The fourth-order valence-corrected chi connectivity index (χ4v) is 4.79. The summed E-state index contributed by atoms with van der Waals surface area (Å²) < 4.78 is 5.97. The number of rotatable bonds is 6. The van der Waals surface area contributed by atoms with Crippen LogP contribution in [-0.4, -0.2) is 31.3 Å². The molecule has 0 fully saturated rings. The van der Waals surface area contributed by atoms with Crippen LogP contribution in [-0.2, 0) is 4.74 Å². The van der Waals surface area contributed by atoms with Crippen LogP contribution >= 0.6 is 15.9 Å². The third-order valence-electron chi connectivity index (χ3n) is 5.78. The molecule has 3 N–H and O–H groups in total. The number of carbonyl (C=O) groups is 1. The maximum Gasteiger partial charge on any atom is 0.253 e. The molecule has 29 heavy (non-hydrogen) atoms. The molecular formula is C23H25BrN2O3. The number of carbonyl (C=O) groups excluding carboxylic acids is 1. The highest BCUT2D eigenvalue weighted by atomic mass is 79.9. The fraction of sp³-hybridized carbons (Fsp3) is 0.348. The van der Waals surface area contributed by atoms with Crippen LogP contribution < -0.4 is 10.6 Å². The van der Waals surface area contributed by atoms with Crippen molar-refractivity contribution in [2.45, 2.75) is 24.8 Å². The fourth-order valence-electron chi connectivity index (χ4n) is 4.41. The van der Waals surface area contributed by atoms with Crippen LogP contribution in [0.1, 0.15) is 46.3 Å². The van der Waals surface area contributed by atoms with Gasteiger partial charge in [0, 0.05) is 36.2 Å². The van der Waals surface area contributed by atoms with Gasteiger partial charge in [-0.1, -0.05) is 40.2 Å². The number of halogens is 1. The van der Waals surface area contributed by atoms with E-state index in [-0.39, 0.29) is 23.6 Å². The molecule has 0 radical (unpaired) electrons. The zero-order valence-electron chi connectivity index (χ0n) is 16.3. The average molecular weight is 457 g/mol. The number of hydrogen-bond acceptors (Lipinski definition) is 4. The highest BCUT2D eigenvalue weighted by Crippen LogP contribution is 2.52. The molecule has 2 aromatic carbocycles. The molecule has 0 saturated heterocycles. The lowest BCUT2D eigenvalue weighted by Gasteiger charge is -2.38. The van der Waals surface area contributed by atoms with Gasteiger partial charge in [0.05, 0.1) is 17.3 Å². The normalized spacial score (nSPS) is 21.9. The van der Waals surface area contributed by atoms with E-state index in [9.17, 15) is 9.90 Å². The summed E-state index contributed by atoms with van der Waals surface area (Å²) in [4.78, 5) is 12.9. The topological polar surface area (TPSA) is 70.6 Å². The zero-order chi connectivity index (χ0) is 20.4. The number of anilines is 1. The highest BCUT2D eigenvalue weighted by Gasteiger charge is 2.40. The van der Waals surface area contributed by atoms with Crippen molar-refractivity contribution in [2.75, 3.05) is 25.6 Å². The number of methoxy groups -OCH3 is 1. The van der Waals surface area contributed by atoms with Crippen molar-refractivity contribution in [1.29, 1.82) is 0 Å². The third-order valence-corrected chi connectivity index (χ3v) is 6.27. The van der Waals surface area contributed by atoms with Crippen molar-refractivity contribution < 1.29 is 14.6 Å². The number of para-hydroxylation sites is 1. The maximum atomic E-state index is 12.9. The summed E-state index contributed by atoms with van der Waals surface area (Å²) in [6.07, 6.45) is 6.13. The summed E-state index contributed by atoms with van der Waals surface area (Å²) >= 11 is 3.52. The van der Waals surface area contributed by atoms with Gasteiger partial charge in [0.15, 0.2) is 0 Å². The molecule has 6 heteroatoms. The van der Waals surface area contributed by atoms with E-state index in [0.717, 1.165) is 34.1 Å². The first-order chi connectivity index (χ1) is 14.1. The first-order valence-corrected chi connectivity index (χ1v) is 10.7. The number of ether oxygens (including phenoxy) is 1. The van der Waals surface area contributed by atoms with Gasteiger partial charge in [-0.25, -0.2) is 0 Å². The number of allylic oxidation sites excluding steroid dienone is 2. The molecule has 5 nitrogen and oxygen atoms in total. The van der Waals surface area contributed by atoms with Crippen LogP contribution in [0.3, 0.4) is 0 Å². The van der Waals surface area contributed by atoms with E-state index in [0.29, 0.717) is 24.6 Å². The monoisotopic (exact) mass is 456 g/mol. The summed E-state index contributed by atoms with van der Waals surface area (Å²) in [6.45, 7) is 1.18. The van der Waals surface area contributed by atoms with Crippen LogP contribution in [0.4, 0.5) is 5.69 Å². The Bertz CT molecular complexity index is 944. The Morgan fingerprint density at radius 1 is 1.31 bits per heavy atom. The molecule has 1 aliphatic heterocycles. The minimum absolute atomic E-state index is 0.0811. The minimum Gasteiger partial charge on any atom is -0.508 e. The number of fused-ring (bicyclic) bond motifs is 3. The SMILES string of the molecule is COCCCNC(=O)c1cccc2c1NC(c1cc(Br)ccc1O)C1CC=CC21. The molecule has 1 amide bonds. The van der Waals surface area contributed by atoms with Crippen LogP contribution in [0.25, 0.3) is 0 Å². The molecule has 1 aliphatic carbocycles. The van der Waals surface area contributed by atoms with Gasteiger partial charge in [-0.05, 0) is 48.6 Å². The van der Waals surface area contributed by atoms with Crippen molar-refractivity contribution in [2.24, 2.45) is 5.92 Å². The van der Waals surface area contributed by atoms with Crippen molar-refractivity contribution in [3.8, 4) is 5.75 Å². The quantitative estimate of drug-likeness (QED) is 0.433. The van der Waals surface area contributed by atoms with Crippen LogP contribution in [0.15, 0.2) is 53.0 Å². The number of phenolic OH excluding ortho intramolecular Hbond substituents is 1. The third kappa shape index (κ3) is 3.91. The predicted octanol–water partition coefficient (Wildman–Crippen LogP) is 4.75. The van der Waals surface area contributed by atoms with E-state index < -0.39 is 0 Å². The Morgan fingerprint density at radius 3 is 3.00 bits per heavy atom. The first-order valence-electron chi connectivity index (χ1n) is 9.92. The Morgan fingerprint density at radius 2 is 2.17 bits per heavy atom. The van der Waals surface area contributed by atoms with Gasteiger partial charge in [0.25, 0.3) is 5.91 Å². The van der Waals surface area contributed by atoms with Crippen molar-refractivity contribution in [3.63, 3.8) is 0 Å². The molecule has 0 spiro atoms. The average Bonchev–Trinajstić information content (AvgIpc) is 3.22. The van der Waals surface area contributed by atoms with E-state index in [4.69, 9.17) is 4.74 Å². The van der Waals surface area contributed by atoms with E-state index in [1.807, 2.05) is 24.3 Å². The van der Waals surface area contributed by atoms with Crippen LogP contribution in [0.5, 0.6) is 5.75 Å².